The molecular weight excluding hydrogens is 375 g/mol. The molecule has 2 aromatic carbocycles. The largest absolute Gasteiger partial charge is 0.454 e. The number of fused-ring (bicyclic) bond motifs is 1. The number of rotatable bonds is 6. The fourth-order valence-corrected chi connectivity index (χ4v) is 4.06. The highest BCUT2D eigenvalue weighted by molar-refractivity contribution is 7.92. The first-order valence-corrected chi connectivity index (χ1v) is 10.1. The molecule has 144 valence electrons. The molecule has 0 saturated carbocycles. The quantitative estimate of drug-likeness (QED) is 0.814. The number of nitrogens with zero attached hydrogens (tertiary/aromatic N) is 1. The van der Waals surface area contributed by atoms with Crippen molar-refractivity contribution in [3.63, 3.8) is 0 Å². The Hall–Kier alpha value is -2.81. The molecule has 1 aliphatic heterocycles. The zero-order valence-electron chi connectivity index (χ0n) is 14.8. The predicted octanol–water partition coefficient (Wildman–Crippen LogP) is 2.74. The molecule has 1 unspecified atom stereocenters. The zero-order valence-corrected chi connectivity index (χ0v) is 15.6. The van der Waals surface area contributed by atoms with Crippen molar-refractivity contribution in [2.45, 2.75) is 19.4 Å². The molecule has 3 rings (SSSR count). The summed E-state index contributed by atoms with van der Waals surface area (Å²) in [5, 5.41) is 2.70. The van der Waals surface area contributed by atoms with Crippen molar-refractivity contribution in [3.8, 4) is 11.5 Å². The van der Waals surface area contributed by atoms with Crippen molar-refractivity contribution < 1.29 is 27.1 Å². The highest BCUT2D eigenvalue weighted by Crippen LogP contribution is 2.34. The molecule has 0 aromatic heterocycles. The topological polar surface area (TPSA) is 84.9 Å². The number of nitrogens with one attached hydrogen (secondary N) is 1. The highest BCUT2D eigenvalue weighted by atomic mass is 32.2. The third-order valence-electron chi connectivity index (χ3n) is 4.05. The lowest BCUT2D eigenvalue weighted by Crippen LogP contribution is -2.47. The second-order valence-electron chi connectivity index (χ2n) is 6.02. The average molecular weight is 394 g/mol. The van der Waals surface area contributed by atoms with E-state index in [1.807, 2.05) is 0 Å². The average Bonchev–Trinajstić information content (AvgIpc) is 3.07. The van der Waals surface area contributed by atoms with Crippen LogP contribution in [0.1, 0.15) is 13.3 Å². The number of hydrogen-bond donors (Lipinski definition) is 1. The monoisotopic (exact) mass is 394 g/mol. The third kappa shape index (κ3) is 4.13. The minimum absolute atomic E-state index is 0.108. The number of ether oxygens (including phenoxy) is 2. The van der Waals surface area contributed by atoms with Crippen LogP contribution in [0.4, 0.5) is 15.8 Å². The van der Waals surface area contributed by atoms with Crippen LogP contribution in [0.3, 0.4) is 0 Å². The van der Waals surface area contributed by atoms with Gasteiger partial charge in [0, 0.05) is 11.8 Å². The summed E-state index contributed by atoms with van der Waals surface area (Å²) in [6, 6.07) is 8.85. The van der Waals surface area contributed by atoms with Gasteiger partial charge in [0.05, 0.1) is 11.9 Å². The van der Waals surface area contributed by atoms with Crippen LogP contribution >= 0.6 is 0 Å². The Kier molecular flexibility index (Phi) is 5.22. The summed E-state index contributed by atoms with van der Waals surface area (Å²) in [4.78, 5) is 12.8. The fourth-order valence-electron chi connectivity index (χ4n) is 2.85. The van der Waals surface area contributed by atoms with E-state index in [2.05, 4.69) is 5.32 Å². The predicted molar refractivity (Wildman–Crippen MR) is 99.0 cm³/mol. The van der Waals surface area contributed by atoms with Gasteiger partial charge in [-0.3, -0.25) is 9.10 Å². The van der Waals surface area contributed by atoms with E-state index < -0.39 is 27.8 Å². The smallest absolute Gasteiger partial charge is 0.248 e. The molecule has 0 aliphatic carbocycles. The van der Waals surface area contributed by atoms with E-state index in [-0.39, 0.29) is 18.9 Å². The van der Waals surface area contributed by atoms with Crippen molar-refractivity contribution in [2.24, 2.45) is 0 Å². The Labute approximate surface area is 156 Å². The minimum atomic E-state index is -3.78. The summed E-state index contributed by atoms with van der Waals surface area (Å²) in [7, 11) is -3.78. The van der Waals surface area contributed by atoms with Crippen LogP contribution in [0, 0.1) is 5.82 Å². The molecule has 1 heterocycles. The normalized spacial score (nSPS) is 13.9. The van der Waals surface area contributed by atoms with E-state index in [4.69, 9.17) is 9.47 Å². The van der Waals surface area contributed by atoms with Gasteiger partial charge in [-0.05, 0) is 42.8 Å². The van der Waals surface area contributed by atoms with E-state index in [9.17, 15) is 17.6 Å². The summed E-state index contributed by atoms with van der Waals surface area (Å²) < 4.78 is 49.4. The van der Waals surface area contributed by atoms with Gasteiger partial charge in [-0.25, -0.2) is 12.8 Å². The Bertz CT molecular complexity index is 947. The number of benzene rings is 2. The van der Waals surface area contributed by atoms with Crippen molar-refractivity contribution >= 4 is 27.3 Å². The summed E-state index contributed by atoms with van der Waals surface area (Å²) in [6.45, 7) is 1.81. The SMILES string of the molecule is CCC(C(=O)Nc1ccc2c(c1)OCO2)N(c1ccc(F)cc1)S(C)(=O)=O. The molecule has 27 heavy (non-hydrogen) atoms. The second-order valence-corrected chi connectivity index (χ2v) is 7.88. The van der Waals surface area contributed by atoms with Crippen LogP contribution < -0.4 is 19.1 Å². The molecule has 0 bridgehead atoms. The Morgan fingerprint density at radius 1 is 1.19 bits per heavy atom. The number of halogens is 1. The molecule has 1 amide bonds. The molecule has 1 aliphatic rings. The van der Waals surface area contributed by atoms with Crippen LogP contribution in [0.25, 0.3) is 0 Å². The lowest BCUT2D eigenvalue weighted by Gasteiger charge is -2.30. The van der Waals surface area contributed by atoms with Gasteiger partial charge in [-0.2, -0.15) is 0 Å². The van der Waals surface area contributed by atoms with Crippen molar-refractivity contribution in [3.05, 3.63) is 48.3 Å². The van der Waals surface area contributed by atoms with Gasteiger partial charge in [0.1, 0.15) is 11.9 Å². The van der Waals surface area contributed by atoms with Crippen LogP contribution in [0.2, 0.25) is 0 Å². The molecule has 1 atom stereocenters. The summed E-state index contributed by atoms with van der Waals surface area (Å²) >= 11 is 0. The summed E-state index contributed by atoms with van der Waals surface area (Å²) in [6.07, 6.45) is 1.23. The van der Waals surface area contributed by atoms with Gasteiger partial charge in [-0.1, -0.05) is 6.92 Å². The van der Waals surface area contributed by atoms with E-state index >= 15 is 0 Å². The van der Waals surface area contributed by atoms with Crippen molar-refractivity contribution in [1.82, 2.24) is 0 Å². The van der Waals surface area contributed by atoms with Crippen molar-refractivity contribution in [2.75, 3.05) is 22.7 Å². The first kappa shape index (κ1) is 19.0. The van der Waals surface area contributed by atoms with E-state index in [0.717, 1.165) is 22.7 Å². The molecule has 1 N–H and O–H groups in total. The molecule has 2 aromatic rings. The Balaban J connectivity index is 1.88. The molecule has 0 saturated heterocycles. The fraction of sp³-hybridized carbons (Fsp3) is 0.278. The molecule has 0 spiro atoms. The Morgan fingerprint density at radius 3 is 2.48 bits per heavy atom. The lowest BCUT2D eigenvalue weighted by molar-refractivity contribution is -0.117. The number of anilines is 2. The maximum atomic E-state index is 13.2. The minimum Gasteiger partial charge on any atom is -0.454 e. The first-order chi connectivity index (χ1) is 12.8. The highest BCUT2D eigenvalue weighted by Gasteiger charge is 2.31. The van der Waals surface area contributed by atoms with Crippen LogP contribution in [0.5, 0.6) is 11.5 Å². The van der Waals surface area contributed by atoms with Gasteiger partial charge in [-0.15, -0.1) is 0 Å². The lowest BCUT2D eigenvalue weighted by atomic mass is 10.1. The molecule has 9 heteroatoms. The van der Waals surface area contributed by atoms with Gasteiger partial charge in [0.2, 0.25) is 22.7 Å². The number of sulfonamides is 1. The van der Waals surface area contributed by atoms with E-state index in [1.165, 1.54) is 12.1 Å². The number of carbonyl (C=O) groups excluding carboxylic acids is 1. The first-order valence-electron chi connectivity index (χ1n) is 8.25. The van der Waals surface area contributed by atoms with Crippen molar-refractivity contribution in [1.29, 1.82) is 0 Å². The second kappa shape index (κ2) is 7.43. The van der Waals surface area contributed by atoms with Gasteiger partial charge in [0.15, 0.2) is 11.5 Å². The van der Waals surface area contributed by atoms with Gasteiger partial charge >= 0.3 is 0 Å². The third-order valence-corrected chi connectivity index (χ3v) is 5.23. The van der Waals surface area contributed by atoms with Gasteiger partial charge < -0.3 is 14.8 Å². The number of amides is 1. The summed E-state index contributed by atoms with van der Waals surface area (Å²) in [5.74, 6) is 0.0691. The van der Waals surface area contributed by atoms with E-state index in [0.29, 0.717) is 17.2 Å². The maximum absolute atomic E-state index is 13.2. The summed E-state index contributed by atoms with van der Waals surface area (Å²) in [5.41, 5.74) is 0.668. The molecule has 7 nitrogen and oxygen atoms in total. The Morgan fingerprint density at radius 2 is 1.85 bits per heavy atom. The van der Waals surface area contributed by atoms with Gasteiger partial charge in [0.25, 0.3) is 0 Å². The number of carbonyl (C=O) groups is 1. The number of hydrogen-bond acceptors (Lipinski definition) is 5. The van der Waals surface area contributed by atoms with Crippen LogP contribution in [-0.2, 0) is 14.8 Å². The molecule has 0 fully saturated rings. The standard InChI is InChI=1S/C18H19FN2O5S/c1-3-15(21(27(2,23)24)14-7-4-12(19)5-8-14)18(22)20-13-6-9-16-17(10-13)26-11-25-16/h4-10,15H,3,11H2,1-2H3,(H,20,22). The molecule has 0 radical (unpaired) electrons. The van der Waals surface area contributed by atoms with E-state index in [1.54, 1.807) is 25.1 Å². The van der Waals surface area contributed by atoms with Crippen LogP contribution in [0.15, 0.2) is 42.5 Å². The zero-order chi connectivity index (χ0) is 19.6. The van der Waals surface area contributed by atoms with Crippen LogP contribution in [-0.4, -0.2) is 33.4 Å². The maximum Gasteiger partial charge on any atom is 0.248 e. The molecular formula is C18H19FN2O5S.